The van der Waals surface area contributed by atoms with Gasteiger partial charge in [-0.3, -0.25) is 14.5 Å². The number of halogens is 1. The zero-order valence-corrected chi connectivity index (χ0v) is 15.2. The van der Waals surface area contributed by atoms with Crippen molar-refractivity contribution in [3.63, 3.8) is 0 Å². The molecule has 0 aliphatic rings. The van der Waals surface area contributed by atoms with Crippen LogP contribution in [0.25, 0.3) is 0 Å². The Bertz CT molecular complexity index is 732. The second-order valence-corrected chi connectivity index (χ2v) is 6.45. The van der Waals surface area contributed by atoms with Crippen molar-refractivity contribution in [2.24, 2.45) is 0 Å². The van der Waals surface area contributed by atoms with Crippen molar-refractivity contribution in [1.82, 2.24) is 10.2 Å². The minimum Gasteiger partial charge on any atom is -0.353 e. The highest BCUT2D eigenvalue weighted by Crippen LogP contribution is 2.21. The molecule has 0 unspecified atom stereocenters. The Morgan fingerprint density at radius 1 is 1.04 bits per heavy atom. The van der Waals surface area contributed by atoms with Gasteiger partial charge in [-0.2, -0.15) is 0 Å². The summed E-state index contributed by atoms with van der Waals surface area (Å²) in [5, 5.41) is 5.60. The zero-order valence-electron chi connectivity index (χ0n) is 15.2. The van der Waals surface area contributed by atoms with E-state index < -0.39 is 6.04 Å². The van der Waals surface area contributed by atoms with E-state index >= 15 is 0 Å². The summed E-state index contributed by atoms with van der Waals surface area (Å²) >= 11 is 0. The first-order valence-corrected chi connectivity index (χ1v) is 8.48. The number of nitrogens with zero attached hydrogens (tertiary/aromatic N) is 1. The average Bonchev–Trinajstić information content (AvgIpc) is 2.57. The molecule has 0 aromatic heterocycles. The highest BCUT2D eigenvalue weighted by Gasteiger charge is 2.26. The molecule has 2 aromatic rings. The fraction of sp³-hybridized carbons (Fsp3) is 0.300. The summed E-state index contributed by atoms with van der Waals surface area (Å²) in [4.78, 5) is 26.6. The summed E-state index contributed by atoms with van der Waals surface area (Å²) in [6, 6.07) is 14.2. The topological polar surface area (TPSA) is 61.4 Å². The summed E-state index contributed by atoms with van der Waals surface area (Å²) < 4.78 is 13.1. The van der Waals surface area contributed by atoms with Gasteiger partial charge < -0.3 is 10.6 Å². The molecule has 0 radical (unpaired) electrons. The summed E-state index contributed by atoms with van der Waals surface area (Å²) in [6.07, 6.45) is 0. The molecule has 0 bridgehead atoms. The van der Waals surface area contributed by atoms with Crippen molar-refractivity contribution >= 4 is 17.5 Å². The molecule has 0 aliphatic carbocycles. The lowest BCUT2D eigenvalue weighted by molar-refractivity contribution is -0.125. The van der Waals surface area contributed by atoms with Crippen LogP contribution in [0.2, 0.25) is 0 Å². The average molecular weight is 357 g/mol. The van der Waals surface area contributed by atoms with Crippen molar-refractivity contribution in [1.29, 1.82) is 0 Å². The van der Waals surface area contributed by atoms with Crippen LogP contribution in [0, 0.1) is 5.82 Å². The maximum absolute atomic E-state index is 13.1. The van der Waals surface area contributed by atoms with Crippen molar-refractivity contribution in [2.75, 3.05) is 18.9 Å². The van der Waals surface area contributed by atoms with E-state index in [1.807, 2.05) is 44.2 Å². The maximum atomic E-state index is 13.1. The first-order valence-electron chi connectivity index (χ1n) is 8.48. The van der Waals surface area contributed by atoms with E-state index in [-0.39, 0.29) is 30.2 Å². The lowest BCUT2D eigenvalue weighted by atomic mass is 10.0. The van der Waals surface area contributed by atoms with Crippen LogP contribution in [0.3, 0.4) is 0 Å². The van der Waals surface area contributed by atoms with Gasteiger partial charge in [0, 0.05) is 11.7 Å². The highest BCUT2D eigenvalue weighted by atomic mass is 19.1. The first-order chi connectivity index (χ1) is 12.4. The van der Waals surface area contributed by atoms with Gasteiger partial charge in [-0.25, -0.2) is 4.39 Å². The van der Waals surface area contributed by atoms with Gasteiger partial charge in [0.05, 0.1) is 6.54 Å². The van der Waals surface area contributed by atoms with E-state index in [9.17, 15) is 14.0 Å². The van der Waals surface area contributed by atoms with Crippen LogP contribution in [0.4, 0.5) is 10.1 Å². The molecule has 5 nitrogen and oxygen atoms in total. The molecule has 0 saturated heterocycles. The monoisotopic (exact) mass is 357 g/mol. The van der Waals surface area contributed by atoms with Gasteiger partial charge in [0.1, 0.15) is 11.9 Å². The SMILES string of the molecule is CC(C)NC(=O)CN(C)[C@H](C(=O)Nc1ccc(F)cc1)c1ccccc1. The molecular weight excluding hydrogens is 333 g/mol. The number of carbonyl (C=O) groups excluding carboxylic acids is 2. The van der Waals surface area contributed by atoms with Crippen LogP contribution in [0.5, 0.6) is 0 Å². The molecular formula is C20H24FN3O2. The highest BCUT2D eigenvalue weighted by molar-refractivity contribution is 5.95. The number of hydrogen-bond donors (Lipinski definition) is 2. The number of benzene rings is 2. The van der Waals surface area contributed by atoms with Gasteiger partial charge >= 0.3 is 0 Å². The summed E-state index contributed by atoms with van der Waals surface area (Å²) in [5.41, 5.74) is 1.27. The Balaban J connectivity index is 2.19. The molecule has 2 amide bonds. The fourth-order valence-corrected chi connectivity index (χ4v) is 2.67. The smallest absolute Gasteiger partial charge is 0.246 e. The van der Waals surface area contributed by atoms with Crippen LogP contribution in [0.15, 0.2) is 54.6 Å². The van der Waals surface area contributed by atoms with Crippen LogP contribution in [-0.2, 0) is 9.59 Å². The van der Waals surface area contributed by atoms with Gasteiger partial charge in [-0.1, -0.05) is 30.3 Å². The minimum absolute atomic E-state index is 0.0270. The minimum atomic E-state index is -0.654. The van der Waals surface area contributed by atoms with E-state index in [0.29, 0.717) is 5.69 Å². The van der Waals surface area contributed by atoms with Gasteiger partial charge in [-0.15, -0.1) is 0 Å². The van der Waals surface area contributed by atoms with E-state index in [4.69, 9.17) is 0 Å². The third kappa shape index (κ3) is 5.67. The van der Waals surface area contributed by atoms with Crippen molar-refractivity contribution in [3.8, 4) is 0 Å². The first kappa shape index (κ1) is 19.6. The Morgan fingerprint density at radius 3 is 2.23 bits per heavy atom. The maximum Gasteiger partial charge on any atom is 0.246 e. The van der Waals surface area contributed by atoms with Gasteiger partial charge in [0.15, 0.2) is 0 Å². The molecule has 0 heterocycles. The summed E-state index contributed by atoms with van der Waals surface area (Å²) in [6.45, 7) is 3.84. The molecule has 1 atom stereocenters. The van der Waals surface area contributed by atoms with E-state index in [0.717, 1.165) is 5.56 Å². The Kier molecular flexibility index (Phi) is 6.86. The molecule has 138 valence electrons. The molecule has 0 aliphatic heterocycles. The molecule has 2 rings (SSSR count). The number of nitrogens with one attached hydrogen (secondary N) is 2. The third-order valence-corrected chi connectivity index (χ3v) is 3.76. The van der Waals surface area contributed by atoms with Crippen LogP contribution < -0.4 is 10.6 Å². The largest absolute Gasteiger partial charge is 0.353 e. The number of amides is 2. The van der Waals surface area contributed by atoms with Gasteiger partial charge in [-0.05, 0) is 50.7 Å². The van der Waals surface area contributed by atoms with Crippen LogP contribution >= 0.6 is 0 Å². The number of hydrogen-bond acceptors (Lipinski definition) is 3. The predicted molar refractivity (Wildman–Crippen MR) is 100 cm³/mol. The van der Waals surface area contributed by atoms with E-state index in [2.05, 4.69) is 10.6 Å². The standard InChI is InChI=1S/C20H24FN3O2/c1-14(2)22-18(25)13-24(3)19(15-7-5-4-6-8-15)20(26)23-17-11-9-16(21)10-12-17/h4-12,14,19H,13H2,1-3H3,(H,22,25)(H,23,26)/t19-/m0/s1. The molecule has 0 saturated carbocycles. The molecule has 0 fully saturated rings. The number of anilines is 1. The molecule has 2 aromatic carbocycles. The summed E-state index contributed by atoms with van der Waals surface area (Å²) in [7, 11) is 1.72. The van der Waals surface area contributed by atoms with Crippen molar-refractivity contribution < 1.29 is 14.0 Å². The number of likely N-dealkylation sites (N-methyl/N-ethyl adjacent to an activating group) is 1. The van der Waals surface area contributed by atoms with Crippen molar-refractivity contribution in [3.05, 3.63) is 66.0 Å². The molecule has 6 heteroatoms. The van der Waals surface area contributed by atoms with Crippen molar-refractivity contribution in [2.45, 2.75) is 25.9 Å². The van der Waals surface area contributed by atoms with E-state index in [1.165, 1.54) is 24.3 Å². The summed E-state index contributed by atoms with van der Waals surface area (Å²) in [5.74, 6) is -0.814. The number of carbonyl (C=O) groups is 2. The quantitative estimate of drug-likeness (QED) is 0.801. The van der Waals surface area contributed by atoms with Gasteiger partial charge in [0.2, 0.25) is 11.8 Å². The van der Waals surface area contributed by atoms with Gasteiger partial charge in [0.25, 0.3) is 0 Å². The normalized spacial score (nSPS) is 12.1. The Labute approximate surface area is 153 Å². The Hall–Kier alpha value is -2.73. The van der Waals surface area contributed by atoms with E-state index in [1.54, 1.807) is 11.9 Å². The predicted octanol–water partition coefficient (Wildman–Crippen LogP) is 2.96. The second-order valence-electron chi connectivity index (χ2n) is 6.45. The number of rotatable bonds is 7. The lowest BCUT2D eigenvalue weighted by Crippen LogP contribution is -2.43. The molecule has 26 heavy (non-hydrogen) atoms. The third-order valence-electron chi connectivity index (χ3n) is 3.76. The van der Waals surface area contributed by atoms with Crippen LogP contribution in [0.1, 0.15) is 25.5 Å². The van der Waals surface area contributed by atoms with Crippen LogP contribution in [-0.4, -0.2) is 36.3 Å². The molecule has 0 spiro atoms. The Morgan fingerprint density at radius 2 is 1.65 bits per heavy atom. The lowest BCUT2D eigenvalue weighted by Gasteiger charge is -2.27. The molecule has 2 N–H and O–H groups in total. The fourth-order valence-electron chi connectivity index (χ4n) is 2.67. The zero-order chi connectivity index (χ0) is 19.1. The second kappa shape index (κ2) is 9.10.